The molecule has 0 saturated carbocycles. The van der Waals surface area contributed by atoms with E-state index < -0.39 is 5.82 Å². The number of carbonyl (C=O) groups excluding carboxylic acids is 2. The fourth-order valence-electron chi connectivity index (χ4n) is 2.01. The van der Waals surface area contributed by atoms with Crippen molar-refractivity contribution in [2.75, 3.05) is 16.4 Å². The van der Waals surface area contributed by atoms with Gasteiger partial charge in [-0.25, -0.2) is 4.39 Å². The minimum Gasteiger partial charge on any atom is -0.324 e. The van der Waals surface area contributed by atoms with Crippen LogP contribution in [-0.2, 0) is 4.79 Å². The molecule has 0 aromatic heterocycles. The predicted octanol–water partition coefficient (Wildman–Crippen LogP) is 3.78. The summed E-state index contributed by atoms with van der Waals surface area (Å²) in [6.45, 7) is 0. The fourth-order valence-corrected chi connectivity index (χ4v) is 3.01. The van der Waals surface area contributed by atoms with Crippen molar-refractivity contribution in [1.29, 1.82) is 0 Å². The van der Waals surface area contributed by atoms with E-state index in [-0.39, 0.29) is 16.8 Å². The zero-order valence-electron chi connectivity index (χ0n) is 11.2. The minimum atomic E-state index is -0.475. The number of fused-ring (bicyclic) bond motifs is 1. The van der Waals surface area contributed by atoms with Crippen molar-refractivity contribution in [2.24, 2.45) is 0 Å². The Balaban J connectivity index is 1.83. The number of thioether (sulfide) groups is 1. The van der Waals surface area contributed by atoms with Crippen molar-refractivity contribution < 1.29 is 14.0 Å². The molecular formula is C15H10ClFN2O2S. The van der Waals surface area contributed by atoms with E-state index in [2.05, 4.69) is 10.6 Å². The second-order valence-corrected chi connectivity index (χ2v) is 6.05. The van der Waals surface area contributed by atoms with Gasteiger partial charge in [0.1, 0.15) is 5.82 Å². The number of hydrogen-bond acceptors (Lipinski definition) is 3. The van der Waals surface area contributed by atoms with Crippen LogP contribution in [0.1, 0.15) is 10.4 Å². The summed E-state index contributed by atoms with van der Waals surface area (Å²) in [5, 5.41) is 5.46. The van der Waals surface area contributed by atoms with E-state index in [1.807, 2.05) is 0 Å². The van der Waals surface area contributed by atoms with E-state index in [9.17, 15) is 14.0 Å². The number of halogens is 2. The minimum absolute atomic E-state index is 0.100. The van der Waals surface area contributed by atoms with Crippen LogP contribution in [-0.4, -0.2) is 17.6 Å². The van der Waals surface area contributed by atoms with Gasteiger partial charge in [-0.15, -0.1) is 11.8 Å². The molecule has 0 spiro atoms. The number of benzene rings is 2. The van der Waals surface area contributed by atoms with Gasteiger partial charge in [0.05, 0.1) is 22.2 Å². The molecule has 7 heteroatoms. The van der Waals surface area contributed by atoms with Crippen LogP contribution in [0.2, 0.25) is 5.02 Å². The standard InChI is InChI=1S/C15H10ClFN2O2S/c16-10-6-9(17)2-3-11(10)19-15(21)8-1-4-13-12(5-8)18-14(20)7-22-13/h1-6H,7H2,(H,18,20)(H,19,21). The molecule has 0 aliphatic carbocycles. The number of carbonyl (C=O) groups is 2. The number of rotatable bonds is 2. The molecule has 0 fully saturated rings. The van der Waals surface area contributed by atoms with Gasteiger partial charge in [0.25, 0.3) is 5.91 Å². The maximum atomic E-state index is 13.0. The number of anilines is 2. The Morgan fingerprint density at radius 2 is 2.09 bits per heavy atom. The van der Waals surface area contributed by atoms with E-state index in [0.717, 1.165) is 11.0 Å². The van der Waals surface area contributed by atoms with Crippen molar-refractivity contribution in [2.45, 2.75) is 4.90 Å². The lowest BCUT2D eigenvalue weighted by Crippen LogP contribution is -2.20. The molecule has 2 aromatic rings. The van der Waals surface area contributed by atoms with Gasteiger partial charge in [0.2, 0.25) is 5.91 Å². The summed E-state index contributed by atoms with van der Waals surface area (Å²) >= 11 is 7.30. The second kappa shape index (κ2) is 5.98. The van der Waals surface area contributed by atoms with Crippen molar-refractivity contribution in [3.05, 3.63) is 52.8 Å². The molecule has 0 saturated heterocycles. The van der Waals surface area contributed by atoms with Crippen LogP contribution in [0.5, 0.6) is 0 Å². The largest absolute Gasteiger partial charge is 0.324 e. The van der Waals surface area contributed by atoms with Gasteiger partial charge < -0.3 is 10.6 Å². The molecule has 1 aliphatic heterocycles. The summed E-state index contributed by atoms with van der Waals surface area (Å²) in [5.74, 6) is -0.599. The lowest BCUT2D eigenvalue weighted by Gasteiger charge is -2.17. The van der Waals surface area contributed by atoms with E-state index >= 15 is 0 Å². The van der Waals surface area contributed by atoms with Crippen LogP contribution in [0.4, 0.5) is 15.8 Å². The highest BCUT2D eigenvalue weighted by Gasteiger charge is 2.17. The highest BCUT2D eigenvalue weighted by Crippen LogP contribution is 2.32. The lowest BCUT2D eigenvalue weighted by atomic mass is 10.1. The monoisotopic (exact) mass is 336 g/mol. The Hall–Kier alpha value is -2.05. The first kappa shape index (κ1) is 14.9. The molecule has 1 heterocycles. The van der Waals surface area contributed by atoms with Gasteiger partial charge in [-0.2, -0.15) is 0 Å². The molecule has 2 amide bonds. The molecule has 0 atom stereocenters. The summed E-state index contributed by atoms with van der Waals surface area (Å²) in [6, 6.07) is 8.78. The first-order valence-corrected chi connectivity index (χ1v) is 7.72. The lowest BCUT2D eigenvalue weighted by molar-refractivity contribution is -0.113. The van der Waals surface area contributed by atoms with E-state index in [1.54, 1.807) is 18.2 Å². The van der Waals surface area contributed by atoms with Crippen molar-refractivity contribution in [1.82, 2.24) is 0 Å². The Kier molecular flexibility index (Phi) is 4.04. The molecular weight excluding hydrogens is 327 g/mol. The summed E-state index contributed by atoms with van der Waals surface area (Å²) < 4.78 is 13.0. The maximum absolute atomic E-state index is 13.0. The van der Waals surface area contributed by atoms with Gasteiger partial charge in [-0.3, -0.25) is 9.59 Å². The zero-order valence-corrected chi connectivity index (χ0v) is 12.7. The van der Waals surface area contributed by atoms with Crippen LogP contribution in [0.3, 0.4) is 0 Å². The maximum Gasteiger partial charge on any atom is 0.255 e. The first-order valence-electron chi connectivity index (χ1n) is 6.36. The molecule has 2 aromatic carbocycles. The van der Waals surface area contributed by atoms with Crippen LogP contribution in [0.15, 0.2) is 41.3 Å². The van der Waals surface area contributed by atoms with E-state index in [4.69, 9.17) is 11.6 Å². The SMILES string of the molecule is O=C1CSc2ccc(C(=O)Nc3ccc(F)cc3Cl)cc2N1. The third kappa shape index (κ3) is 3.08. The van der Waals surface area contributed by atoms with Gasteiger partial charge >= 0.3 is 0 Å². The van der Waals surface area contributed by atoms with Gasteiger partial charge in [0.15, 0.2) is 0 Å². The summed E-state index contributed by atoms with van der Waals surface area (Å²) in [6.07, 6.45) is 0. The Morgan fingerprint density at radius 3 is 2.86 bits per heavy atom. The van der Waals surface area contributed by atoms with Gasteiger partial charge in [-0.05, 0) is 36.4 Å². The highest BCUT2D eigenvalue weighted by atomic mass is 35.5. The average molecular weight is 337 g/mol. The molecule has 0 radical (unpaired) electrons. The normalized spacial score (nSPS) is 13.3. The van der Waals surface area contributed by atoms with Crippen molar-refractivity contribution >= 4 is 46.6 Å². The Labute approximate surface area is 135 Å². The highest BCUT2D eigenvalue weighted by molar-refractivity contribution is 8.00. The van der Waals surface area contributed by atoms with Gasteiger partial charge in [-0.1, -0.05) is 11.6 Å². The van der Waals surface area contributed by atoms with Crippen molar-refractivity contribution in [3.63, 3.8) is 0 Å². The molecule has 0 bridgehead atoms. The van der Waals surface area contributed by atoms with Crippen molar-refractivity contribution in [3.8, 4) is 0 Å². The molecule has 2 N–H and O–H groups in total. The fraction of sp³-hybridized carbons (Fsp3) is 0.0667. The van der Waals surface area contributed by atoms with E-state index in [0.29, 0.717) is 22.7 Å². The van der Waals surface area contributed by atoms with Crippen LogP contribution in [0, 0.1) is 5.82 Å². The molecule has 0 unspecified atom stereocenters. The second-order valence-electron chi connectivity index (χ2n) is 4.63. The summed E-state index contributed by atoms with van der Waals surface area (Å²) in [5.41, 5.74) is 1.31. The summed E-state index contributed by atoms with van der Waals surface area (Å²) in [4.78, 5) is 24.5. The molecule has 112 valence electrons. The third-order valence-electron chi connectivity index (χ3n) is 3.05. The Bertz CT molecular complexity index is 782. The van der Waals surface area contributed by atoms with E-state index in [1.165, 1.54) is 23.9 Å². The topological polar surface area (TPSA) is 58.2 Å². The van der Waals surface area contributed by atoms with Gasteiger partial charge in [0, 0.05) is 10.5 Å². The molecule has 4 nitrogen and oxygen atoms in total. The zero-order chi connectivity index (χ0) is 15.7. The molecule has 1 aliphatic rings. The van der Waals surface area contributed by atoms with Crippen LogP contribution >= 0.6 is 23.4 Å². The summed E-state index contributed by atoms with van der Waals surface area (Å²) in [7, 11) is 0. The van der Waals surface area contributed by atoms with Crippen LogP contribution in [0.25, 0.3) is 0 Å². The molecule has 22 heavy (non-hydrogen) atoms. The average Bonchev–Trinajstić information content (AvgIpc) is 2.49. The quantitative estimate of drug-likeness (QED) is 0.877. The third-order valence-corrected chi connectivity index (χ3v) is 4.44. The Morgan fingerprint density at radius 1 is 1.27 bits per heavy atom. The van der Waals surface area contributed by atoms with Crippen LogP contribution < -0.4 is 10.6 Å². The number of nitrogens with one attached hydrogen (secondary N) is 2. The molecule has 3 rings (SSSR count). The smallest absolute Gasteiger partial charge is 0.255 e. The predicted molar refractivity (Wildman–Crippen MR) is 85.2 cm³/mol. The first-order chi connectivity index (χ1) is 10.5. The number of hydrogen-bond donors (Lipinski definition) is 2. The number of amides is 2.